The second kappa shape index (κ2) is 12.0. The number of fused-ring (bicyclic) bond motifs is 5. The van der Waals surface area contributed by atoms with Crippen LogP contribution >= 0.6 is 46.2 Å². The Bertz CT molecular complexity index is 2300. The molecule has 1 aliphatic carbocycles. The molecule has 49 heavy (non-hydrogen) atoms. The SMILES string of the molecule is [C-]#[N+]/C(C#N)=C1\SC(=Nc2cc3cc4c(cc3s2)-c2cc3sc(N=C5S/C(=C(\C#N)[N+]#[C-])N(CC)C5=O)cc3cc2C4(C)C)C(=O)N1CC. The van der Waals surface area contributed by atoms with Gasteiger partial charge in [-0.3, -0.25) is 9.59 Å². The standard InChI is InChI=1S/C35H22N8O2S4/c1-7-42-31(44)29(48-33(42)23(15-36)38-5)40-27-11-17-9-21-19(13-25(17)46-27)20-14-26-18(10-22(20)35(21,3)4)12-28(47-26)41-30-32(45)43(8-2)34(49-30)24(16-37)39-6/h9-14H,7-8H2,1-4H3/b33-23-,34-24+,40-29?,41-30?. The van der Waals surface area contributed by atoms with Crippen molar-refractivity contribution in [2.24, 2.45) is 9.98 Å². The van der Waals surface area contributed by atoms with Crippen molar-refractivity contribution in [2.75, 3.05) is 13.1 Å². The van der Waals surface area contributed by atoms with Crippen molar-refractivity contribution in [2.45, 2.75) is 33.1 Å². The van der Waals surface area contributed by atoms with Gasteiger partial charge in [0.1, 0.15) is 20.1 Å². The number of benzene rings is 2. The Kier molecular flexibility index (Phi) is 7.94. The summed E-state index contributed by atoms with van der Waals surface area (Å²) in [6.45, 7) is 23.3. The van der Waals surface area contributed by atoms with Crippen LogP contribution in [0.2, 0.25) is 0 Å². The molecule has 4 aromatic rings. The molecule has 7 rings (SSSR count). The number of amides is 2. The molecule has 2 aromatic heterocycles. The summed E-state index contributed by atoms with van der Waals surface area (Å²) < 4.78 is 2.05. The van der Waals surface area contributed by atoms with Crippen molar-refractivity contribution in [3.8, 4) is 23.3 Å². The smallest absolute Gasteiger partial charge is 0.291 e. The molecule has 2 fully saturated rings. The zero-order valence-electron chi connectivity index (χ0n) is 26.4. The molecular formula is C35H22N8O2S4. The molecule has 2 aliphatic heterocycles. The third kappa shape index (κ3) is 5.04. The van der Waals surface area contributed by atoms with Crippen LogP contribution in [0.5, 0.6) is 0 Å². The molecule has 0 saturated carbocycles. The predicted molar refractivity (Wildman–Crippen MR) is 197 cm³/mol. The van der Waals surface area contributed by atoms with E-state index in [9.17, 15) is 20.1 Å². The molecule has 3 aliphatic rings. The average Bonchev–Trinajstić information content (AvgIpc) is 3.87. The molecule has 4 heterocycles. The minimum Gasteiger partial charge on any atom is -0.309 e. The number of nitriles is 2. The molecule has 14 heteroatoms. The Morgan fingerprint density at radius 1 is 0.755 bits per heavy atom. The molecule has 2 saturated heterocycles. The number of carbonyl (C=O) groups excluding carboxylic acids is 2. The lowest BCUT2D eigenvalue weighted by molar-refractivity contribution is -0.121. The highest BCUT2D eigenvalue weighted by atomic mass is 32.2. The zero-order valence-corrected chi connectivity index (χ0v) is 29.7. The summed E-state index contributed by atoms with van der Waals surface area (Å²) in [6.07, 6.45) is 0. The van der Waals surface area contributed by atoms with E-state index in [1.165, 1.54) is 43.6 Å². The van der Waals surface area contributed by atoms with Crippen molar-refractivity contribution < 1.29 is 9.59 Å². The predicted octanol–water partition coefficient (Wildman–Crippen LogP) is 8.90. The van der Waals surface area contributed by atoms with Gasteiger partial charge >= 0.3 is 0 Å². The van der Waals surface area contributed by atoms with Gasteiger partial charge in [-0.1, -0.05) is 37.4 Å². The van der Waals surface area contributed by atoms with Gasteiger partial charge in [-0.25, -0.2) is 30.2 Å². The zero-order chi connectivity index (χ0) is 34.8. The second-order valence-corrected chi connectivity index (χ2v) is 15.6. The van der Waals surface area contributed by atoms with Crippen molar-refractivity contribution >= 4 is 98.3 Å². The first-order valence-electron chi connectivity index (χ1n) is 14.9. The maximum Gasteiger partial charge on any atom is 0.291 e. The van der Waals surface area contributed by atoms with Gasteiger partial charge in [0.25, 0.3) is 23.2 Å². The largest absolute Gasteiger partial charge is 0.309 e. The normalized spacial score (nSPS) is 20.1. The van der Waals surface area contributed by atoms with E-state index in [1.54, 1.807) is 13.8 Å². The van der Waals surface area contributed by atoms with Crippen molar-refractivity contribution in [1.29, 1.82) is 10.5 Å². The van der Waals surface area contributed by atoms with E-state index in [0.717, 1.165) is 54.8 Å². The van der Waals surface area contributed by atoms with Crippen LogP contribution in [0.25, 0.3) is 41.0 Å². The van der Waals surface area contributed by atoms with E-state index in [4.69, 9.17) is 13.1 Å². The molecule has 0 spiro atoms. The van der Waals surface area contributed by atoms with Crippen LogP contribution in [0.3, 0.4) is 0 Å². The van der Waals surface area contributed by atoms with Gasteiger partial charge in [0, 0.05) is 27.9 Å². The molecule has 0 radical (unpaired) electrons. The van der Waals surface area contributed by atoms with Gasteiger partial charge in [-0.15, -0.1) is 22.7 Å². The van der Waals surface area contributed by atoms with Gasteiger partial charge in [-0.2, -0.15) is 0 Å². The van der Waals surface area contributed by atoms with E-state index in [1.807, 2.05) is 24.3 Å². The van der Waals surface area contributed by atoms with E-state index in [0.29, 0.717) is 33.1 Å². The number of aliphatic imine (C=N–C) groups is 2. The van der Waals surface area contributed by atoms with E-state index >= 15 is 0 Å². The lowest BCUT2D eigenvalue weighted by Crippen LogP contribution is -2.26. The molecule has 2 aromatic carbocycles. The lowest BCUT2D eigenvalue weighted by Gasteiger charge is -2.21. The van der Waals surface area contributed by atoms with E-state index in [-0.39, 0.29) is 38.7 Å². The minimum atomic E-state index is -0.316. The Labute approximate surface area is 298 Å². The van der Waals surface area contributed by atoms with Crippen LogP contribution in [0.1, 0.15) is 38.8 Å². The first kappa shape index (κ1) is 32.3. The summed E-state index contributed by atoms with van der Waals surface area (Å²) in [4.78, 5) is 44.9. The molecule has 0 unspecified atom stereocenters. The first-order chi connectivity index (χ1) is 23.6. The van der Waals surface area contributed by atoms with Gasteiger partial charge in [0.2, 0.25) is 0 Å². The third-order valence-corrected chi connectivity index (χ3v) is 12.7. The fraction of sp³-hybridized carbons (Fsp3) is 0.200. The first-order valence-corrected chi connectivity index (χ1v) is 18.2. The minimum absolute atomic E-state index is 0.121. The maximum absolute atomic E-state index is 13.1. The van der Waals surface area contributed by atoms with E-state index in [2.05, 4.69) is 57.8 Å². The molecule has 10 nitrogen and oxygen atoms in total. The van der Waals surface area contributed by atoms with Crippen LogP contribution in [-0.4, -0.2) is 44.8 Å². The van der Waals surface area contributed by atoms with Crippen molar-refractivity contribution in [3.63, 3.8) is 0 Å². The lowest BCUT2D eigenvalue weighted by atomic mass is 9.82. The fourth-order valence-electron chi connectivity index (χ4n) is 6.19. The molecule has 0 bridgehead atoms. The summed E-state index contributed by atoms with van der Waals surface area (Å²) in [5.74, 6) is -0.631. The quantitative estimate of drug-likeness (QED) is 0.154. The average molecular weight is 715 g/mol. The Morgan fingerprint density at radius 2 is 1.16 bits per heavy atom. The summed E-state index contributed by atoms with van der Waals surface area (Å²) in [5.41, 5.74) is 4.09. The van der Waals surface area contributed by atoms with Crippen LogP contribution in [0.15, 0.2) is 67.8 Å². The monoisotopic (exact) mass is 714 g/mol. The highest BCUT2D eigenvalue weighted by molar-refractivity contribution is 8.20. The summed E-state index contributed by atoms with van der Waals surface area (Å²) in [5, 5.41) is 23.3. The third-order valence-electron chi connectivity index (χ3n) is 8.55. The number of nitrogens with zero attached hydrogens (tertiary/aromatic N) is 8. The number of thiophene rings is 2. The van der Waals surface area contributed by atoms with Crippen LogP contribution in [0, 0.1) is 35.8 Å². The van der Waals surface area contributed by atoms with Crippen molar-refractivity contribution in [1.82, 2.24) is 9.80 Å². The van der Waals surface area contributed by atoms with Gasteiger partial charge in [0.05, 0.1) is 25.3 Å². The summed E-state index contributed by atoms with van der Waals surface area (Å²) in [6, 6.07) is 16.5. The number of hydrogen-bond acceptors (Lipinski definition) is 10. The van der Waals surface area contributed by atoms with Gasteiger partial charge in [0.15, 0.2) is 10.1 Å². The number of allylic oxidation sites excluding steroid dienone is 2. The highest BCUT2D eigenvalue weighted by Crippen LogP contribution is 2.53. The Hall–Kier alpha value is -5.22. The topological polar surface area (TPSA) is 122 Å². The van der Waals surface area contributed by atoms with Gasteiger partial charge in [-0.05, 0) is 83.3 Å². The molecule has 0 atom stereocenters. The van der Waals surface area contributed by atoms with Crippen LogP contribution in [0.4, 0.5) is 10.0 Å². The van der Waals surface area contributed by atoms with Crippen molar-refractivity contribution in [3.05, 3.63) is 91.8 Å². The number of thioether (sulfide) groups is 2. The second-order valence-electron chi connectivity index (χ2n) is 11.6. The Morgan fingerprint density at radius 3 is 1.51 bits per heavy atom. The fourth-order valence-corrected chi connectivity index (χ4v) is 10.3. The van der Waals surface area contributed by atoms with Gasteiger partial charge < -0.3 is 9.80 Å². The summed E-state index contributed by atoms with van der Waals surface area (Å²) in [7, 11) is 0. The van der Waals surface area contributed by atoms with E-state index < -0.39 is 0 Å². The molecule has 2 amide bonds. The summed E-state index contributed by atoms with van der Waals surface area (Å²) >= 11 is 5.09. The number of carbonyl (C=O) groups is 2. The molecule has 238 valence electrons. The highest BCUT2D eigenvalue weighted by Gasteiger charge is 2.38. The molecular weight excluding hydrogens is 693 g/mol. The number of rotatable bonds is 4. The Balaban J connectivity index is 1.26. The number of hydrogen-bond donors (Lipinski definition) is 0. The van der Waals surface area contributed by atoms with Crippen LogP contribution in [-0.2, 0) is 15.0 Å². The maximum atomic E-state index is 13.1. The molecule has 0 N–H and O–H groups in total. The van der Waals surface area contributed by atoms with Crippen LogP contribution < -0.4 is 0 Å².